The fraction of sp³-hybridized carbons (Fsp3) is 0.350. The van der Waals surface area contributed by atoms with Crippen molar-refractivity contribution < 1.29 is 4.79 Å². The summed E-state index contributed by atoms with van der Waals surface area (Å²) in [5.74, 6) is 1.23. The molecule has 2 aromatic rings. The summed E-state index contributed by atoms with van der Waals surface area (Å²) in [7, 11) is 0. The van der Waals surface area contributed by atoms with Crippen molar-refractivity contribution in [3.05, 3.63) is 71.8 Å². The van der Waals surface area contributed by atoms with E-state index in [2.05, 4.69) is 0 Å². The number of rotatable bonds is 4. The van der Waals surface area contributed by atoms with Gasteiger partial charge in [-0.05, 0) is 29.9 Å². The van der Waals surface area contributed by atoms with Gasteiger partial charge in [0.15, 0.2) is 0 Å². The summed E-state index contributed by atoms with van der Waals surface area (Å²) in [6.07, 6.45) is 2.01. The molecule has 1 aliphatic heterocycles. The molecule has 0 bridgehead atoms. The molecule has 1 heterocycles. The number of carbonyl (C=O) groups excluding carboxylic acids is 1. The Balaban J connectivity index is 1.86. The quantitative estimate of drug-likeness (QED) is 0.767. The molecule has 0 saturated carbocycles. The number of likely N-dealkylation sites (tertiary alicyclic amines) is 1. The van der Waals surface area contributed by atoms with Gasteiger partial charge in [-0.25, -0.2) is 0 Å². The van der Waals surface area contributed by atoms with E-state index in [-0.39, 0.29) is 11.8 Å². The maximum absolute atomic E-state index is 13.2. The summed E-state index contributed by atoms with van der Waals surface area (Å²) >= 11 is 5.96. The van der Waals surface area contributed by atoms with E-state index in [0.717, 1.165) is 37.1 Å². The van der Waals surface area contributed by atoms with Crippen molar-refractivity contribution in [3.63, 3.8) is 0 Å². The van der Waals surface area contributed by atoms with Crippen molar-refractivity contribution in [2.75, 3.05) is 19.0 Å². The number of piperidine rings is 1. The minimum Gasteiger partial charge on any atom is -0.342 e. The summed E-state index contributed by atoms with van der Waals surface area (Å²) in [4.78, 5) is 15.2. The number of carbonyl (C=O) groups is 1. The van der Waals surface area contributed by atoms with E-state index >= 15 is 0 Å². The van der Waals surface area contributed by atoms with Crippen molar-refractivity contribution in [1.82, 2.24) is 4.90 Å². The maximum Gasteiger partial charge on any atom is 0.234 e. The number of hydrogen-bond acceptors (Lipinski definition) is 1. The highest BCUT2D eigenvalue weighted by Gasteiger charge is 2.30. The van der Waals surface area contributed by atoms with Crippen LogP contribution in [0.2, 0.25) is 0 Å². The predicted molar refractivity (Wildman–Crippen MR) is 94.8 cm³/mol. The lowest BCUT2D eigenvalue weighted by atomic mass is 9.88. The monoisotopic (exact) mass is 327 g/mol. The molecule has 3 rings (SSSR count). The van der Waals surface area contributed by atoms with E-state index in [0.29, 0.717) is 11.8 Å². The van der Waals surface area contributed by atoms with Crippen molar-refractivity contribution >= 4 is 17.5 Å². The topological polar surface area (TPSA) is 20.3 Å². The van der Waals surface area contributed by atoms with Crippen LogP contribution in [0.4, 0.5) is 0 Å². The van der Waals surface area contributed by atoms with Crippen LogP contribution in [-0.4, -0.2) is 29.8 Å². The molecule has 1 aliphatic rings. The summed E-state index contributed by atoms with van der Waals surface area (Å²) in [5, 5.41) is 0. The summed E-state index contributed by atoms with van der Waals surface area (Å²) < 4.78 is 0. The second kappa shape index (κ2) is 7.65. The molecule has 0 N–H and O–H groups in total. The van der Waals surface area contributed by atoms with Crippen LogP contribution in [0.15, 0.2) is 60.7 Å². The Morgan fingerprint density at radius 2 is 1.43 bits per heavy atom. The lowest BCUT2D eigenvalue weighted by Gasteiger charge is -2.34. The third kappa shape index (κ3) is 3.76. The molecule has 23 heavy (non-hydrogen) atoms. The highest BCUT2D eigenvalue weighted by atomic mass is 35.5. The Morgan fingerprint density at radius 3 is 1.87 bits per heavy atom. The second-order valence-corrected chi connectivity index (χ2v) is 6.49. The summed E-state index contributed by atoms with van der Waals surface area (Å²) in [6.45, 7) is 1.62. The zero-order chi connectivity index (χ0) is 16.1. The normalized spacial score (nSPS) is 15.8. The molecule has 1 saturated heterocycles. The highest BCUT2D eigenvalue weighted by molar-refractivity contribution is 6.18. The van der Waals surface area contributed by atoms with Gasteiger partial charge in [0, 0.05) is 19.0 Å². The summed E-state index contributed by atoms with van der Waals surface area (Å²) in [5.41, 5.74) is 2.12. The van der Waals surface area contributed by atoms with Crippen molar-refractivity contribution in [3.8, 4) is 0 Å². The number of benzene rings is 2. The van der Waals surface area contributed by atoms with Crippen LogP contribution < -0.4 is 0 Å². The van der Waals surface area contributed by atoms with Gasteiger partial charge in [0.25, 0.3) is 0 Å². The van der Waals surface area contributed by atoms with Gasteiger partial charge < -0.3 is 4.90 Å². The van der Waals surface area contributed by atoms with E-state index < -0.39 is 0 Å². The van der Waals surface area contributed by atoms with Crippen LogP contribution in [0.3, 0.4) is 0 Å². The van der Waals surface area contributed by atoms with Crippen LogP contribution in [0, 0.1) is 5.92 Å². The van der Waals surface area contributed by atoms with Crippen LogP contribution >= 0.6 is 11.6 Å². The highest BCUT2D eigenvalue weighted by Crippen LogP contribution is 2.29. The molecule has 0 aromatic heterocycles. The lowest BCUT2D eigenvalue weighted by molar-refractivity contribution is -0.133. The number of alkyl halides is 1. The molecule has 0 atom stereocenters. The lowest BCUT2D eigenvalue weighted by Crippen LogP contribution is -2.41. The van der Waals surface area contributed by atoms with E-state index in [1.807, 2.05) is 65.6 Å². The zero-order valence-electron chi connectivity index (χ0n) is 13.2. The van der Waals surface area contributed by atoms with Gasteiger partial charge in [-0.1, -0.05) is 60.7 Å². The molecule has 0 radical (unpaired) electrons. The van der Waals surface area contributed by atoms with Crippen LogP contribution in [0.5, 0.6) is 0 Å². The van der Waals surface area contributed by atoms with Gasteiger partial charge >= 0.3 is 0 Å². The molecular weight excluding hydrogens is 306 g/mol. The minimum absolute atomic E-state index is 0.204. The largest absolute Gasteiger partial charge is 0.342 e. The molecule has 1 amide bonds. The molecule has 3 heteroatoms. The molecule has 0 aliphatic carbocycles. The first-order valence-electron chi connectivity index (χ1n) is 8.24. The second-order valence-electron chi connectivity index (χ2n) is 6.18. The van der Waals surface area contributed by atoms with Crippen molar-refractivity contribution in [2.24, 2.45) is 5.92 Å². The number of hydrogen-bond donors (Lipinski definition) is 0. The van der Waals surface area contributed by atoms with Gasteiger partial charge in [-0.3, -0.25) is 4.79 Å². The molecule has 2 nitrogen and oxygen atoms in total. The van der Waals surface area contributed by atoms with E-state index in [1.54, 1.807) is 0 Å². The first-order chi connectivity index (χ1) is 11.3. The standard InChI is InChI=1S/C20H22ClNO/c21-15-16-11-13-22(14-12-16)20(23)19(17-7-3-1-4-8-17)18-9-5-2-6-10-18/h1-10,16,19H,11-15H2. The Hall–Kier alpha value is -1.80. The fourth-order valence-electron chi connectivity index (χ4n) is 3.26. The Kier molecular flexibility index (Phi) is 5.35. The van der Waals surface area contributed by atoms with Crippen molar-refractivity contribution in [1.29, 1.82) is 0 Å². The van der Waals surface area contributed by atoms with Crippen LogP contribution in [0.1, 0.15) is 29.9 Å². The van der Waals surface area contributed by atoms with Crippen LogP contribution in [0.25, 0.3) is 0 Å². The van der Waals surface area contributed by atoms with Gasteiger partial charge in [0.05, 0.1) is 5.92 Å². The van der Waals surface area contributed by atoms with Gasteiger partial charge in [0.2, 0.25) is 5.91 Å². The molecular formula is C20H22ClNO. The SMILES string of the molecule is O=C(C(c1ccccc1)c1ccccc1)N1CCC(CCl)CC1. The number of halogens is 1. The Bertz CT molecular complexity index is 581. The van der Waals surface area contributed by atoms with Gasteiger partial charge in [-0.2, -0.15) is 0 Å². The first kappa shape index (κ1) is 16.1. The molecule has 2 aromatic carbocycles. The van der Waals surface area contributed by atoms with Crippen LogP contribution in [-0.2, 0) is 4.79 Å². The molecule has 120 valence electrons. The Labute approximate surface area is 143 Å². The smallest absolute Gasteiger partial charge is 0.234 e. The maximum atomic E-state index is 13.2. The average Bonchev–Trinajstić information content (AvgIpc) is 2.64. The van der Waals surface area contributed by atoms with Gasteiger partial charge in [-0.15, -0.1) is 11.6 Å². The zero-order valence-corrected chi connectivity index (χ0v) is 14.0. The first-order valence-corrected chi connectivity index (χ1v) is 8.77. The predicted octanol–water partition coefficient (Wildman–Crippen LogP) is 4.30. The number of nitrogens with zero attached hydrogens (tertiary/aromatic N) is 1. The van der Waals surface area contributed by atoms with Crippen molar-refractivity contribution in [2.45, 2.75) is 18.8 Å². The Morgan fingerprint density at radius 1 is 0.957 bits per heavy atom. The van der Waals surface area contributed by atoms with E-state index in [9.17, 15) is 4.79 Å². The number of amides is 1. The average molecular weight is 328 g/mol. The van der Waals surface area contributed by atoms with E-state index in [4.69, 9.17) is 11.6 Å². The van der Waals surface area contributed by atoms with E-state index in [1.165, 1.54) is 0 Å². The molecule has 0 unspecified atom stereocenters. The third-order valence-electron chi connectivity index (χ3n) is 4.66. The third-order valence-corrected chi connectivity index (χ3v) is 5.09. The molecule has 0 spiro atoms. The molecule has 1 fully saturated rings. The summed E-state index contributed by atoms with van der Waals surface area (Å²) in [6, 6.07) is 20.1. The van der Waals surface area contributed by atoms with Gasteiger partial charge in [0.1, 0.15) is 0 Å². The fourth-order valence-corrected chi connectivity index (χ4v) is 3.57. The minimum atomic E-state index is -0.218.